The first kappa shape index (κ1) is 19.1. The molecular formula is C11H20Cl2N2O2S2. The van der Waals surface area contributed by atoms with Crippen LogP contribution in [0.15, 0.2) is 10.3 Å². The minimum atomic E-state index is -3.50. The van der Waals surface area contributed by atoms with E-state index in [4.69, 9.17) is 17.3 Å². The number of rotatable bonds is 7. The predicted molar refractivity (Wildman–Crippen MR) is 84.0 cm³/mol. The standard InChI is InChI=1S/C11H19ClN2O2S2.ClH/c1-3-4-5-9(7-13)14-18(15,16)10-6-8(2)11(12)17-10;/h6,9,14H,3-5,7,13H2,1-2H3;1H. The molecule has 0 aromatic carbocycles. The summed E-state index contributed by atoms with van der Waals surface area (Å²) in [5, 5.41) is 0. The van der Waals surface area contributed by atoms with Gasteiger partial charge in [-0.15, -0.1) is 23.7 Å². The highest BCUT2D eigenvalue weighted by Gasteiger charge is 2.21. The lowest BCUT2D eigenvalue weighted by molar-refractivity contribution is 0.517. The summed E-state index contributed by atoms with van der Waals surface area (Å²) in [5.41, 5.74) is 6.36. The number of halogens is 2. The molecule has 8 heteroatoms. The van der Waals surface area contributed by atoms with Crippen molar-refractivity contribution in [1.82, 2.24) is 4.72 Å². The molecule has 0 amide bonds. The summed E-state index contributed by atoms with van der Waals surface area (Å²) in [4.78, 5) is 0. The lowest BCUT2D eigenvalue weighted by Gasteiger charge is -2.15. The fourth-order valence-corrected chi connectivity index (χ4v) is 4.52. The first-order chi connectivity index (χ1) is 8.40. The predicted octanol–water partition coefficient (Wildman–Crippen LogP) is 2.93. The minimum absolute atomic E-state index is 0. The van der Waals surface area contributed by atoms with Gasteiger partial charge in [0, 0.05) is 12.6 Å². The summed E-state index contributed by atoms with van der Waals surface area (Å²) >= 11 is 6.96. The third-order valence-electron chi connectivity index (χ3n) is 2.61. The Morgan fingerprint density at radius 3 is 2.58 bits per heavy atom. The monoisotopic (exact) mass is 346 g/mol. The van der Waals surface area contributed by atoms with Crippen LogP contribution < -0.4 is 10.5 Å². The molecule has 0 aliphatic carbocycles. The van der Waals surface area contributed by atoms with E-state index in [1.165, 1.54) is 0 Å². The number of nitrogens with one attached hydrogen (secondary N) is 1. The molecule has 0 aliphatic rings. The minimum Gasteiger partial charge on any atom is -0.329 e. The van der Waals surface area contributed by atoms with Crippen LogP contribution in [0, 0.1) is 6.92 Å². The van der Waals surface area contributed by atoms with Gasteiger partial charge in [-0.25, -0.2) is 13.1 Å². The van der Waals surface area contributed by atoms with E-state index < -0.39 is 10.0 Å². The lowest BCUT2D eigenvalue weighted by atomic mass is 10.1. The number of hydrogen-bond donors (Lipinski definition) is 2. The van der Waals surface area contributed by atoms with Gasteiger partial charge in [0.15, 0.2) is 0 Å². The lowest BCUT2D eigenvalue weighted by Crippen LogP contribution is -2.39. The van der Waals surface area contributed by atoms with Crippen molar-refractivity contribution in [1.29, 1.82) is 0 Å². The smallest absolute Gasteiger partial charge is 0.250 e. The molecule has 4 nitrogen and oxygen atoms in total. The van der Waals surface area contributed by atoms with E-state index in [1.54, 1.807) is 13.0 Å². The van der Waals surface area contributed by atoms with Gasteiger partial charge < -0.3 is 5.73 Å². The van der Waals surface area contributed by atoms with E-state index in [1.807, 2.05) is 0 Å². The topological polar surface area (TPSA) is 72.2 Å². The molecule has 3 N–H and O–H groups in total. The first-order valence-electron chi connectivity index (χ1n) is 5.89. The fourth-order valence-electron chi connectivity index (χ4n) is 1.52. The second kappa shape index (κ2) is 8.44. The molecule has 1 rings (SSSR count). The van der Waals surface area contributed by atoms with Crippen LogP contribution in [0.5, 0.6) is 0 Å². The Hall–Kier alpha value is 0.150. The van der Waals surface area contributed by atoms with E-state index in [0.29, 0.717) is 10.9 Å². The molecule has 112 valence electrons. The van der Waals surface area contributed by atoms with E-state index in [0.717, 1.165) is 36.2 Å². The van der Waals surface area contributed by atoms with Gasteiger partial charge in [0.2, 0.25) is 10.0 Å². The van der Waals surface area contributed by atoms with E-state index in [-0.39, 0.29) is 22.7 Å². The van der Waals surface area contributed by atoms with Crippen LogP contribution in [-0.2, 0) is 10.0 Å². The van der Waals surface area contributed by atoms with Crippen LogP contribution in [0.4, 0.5) is 0 Å². The van der Waals surface area contributed by atoms with Gasteiger partial charge in [0.1, 0.15) is 4.21 Å². The molecule has 0 fully saturated rings. The van der Waals surface area contributed by atoms with Crippen LogP contribution in [0.25, 0.3) is 0 Å². The Balaban J connectivity index is 0.00000324. The highest BCUT2D eigenvalue weighted by atomic mass is 35.5. The van der Waals surface area contributed by atoms with Crippen LogP contribution >= 0.6 is 35.3 Å². The quantitative estimate of drug-likeness (QED) is 0.797. The largest absolute Gasteiger partial charge is 0.329 e. The molecule has 1 aromatic heterocycles. The molecule has 0 aliphatic heterocycles. The van der Waals surface area contributed by atoms with Crippen LogP contribution in [0.3, 0.4) is 0 Å². The molecule has 0 saturated carbocycles. The maximum absolute atomic E-state index is 12.1. The van der Waals surface area contributed by atoms with Crippen molar-refractivity contribution >= 4 is 45.4 Å². The number of thiophene rings is 1. The molecule has 1 unspecified atom stereocenters. The second-order valence-electron chi connectivity index (χ2n) is 4.22. The summed E-state index contributed by atoms with van der Waals surface area (Å²) in [6.07, 6.45) is 2.72. The van der Waals surface area contributed by atoms with E-state index >= 15 is 0 Å². The van der Waals surface area contributed by atoms with Crippen molar-refractivity contribution in [3.05, 3.63) is 16.0 Å². The summed E-state index contributed by atoms with van der Waals surface area (Å²) in [5.74, 6) is 0. The van der Waals surface area contributed by atoms with Crippen LogP contribution in [-0.4, -0.2) is 21.0 Å². The fraction of sp³-hybridized carbons (Fsp3) is 0.636. The van der Waals surface area contributed by atoms with Gasteiger partial charge in [-0.3, -0.25) is 0 Å². The SMILES string of the molecule is CCCCC(CN)NS(=O)(=O)c1cc(C)c(Cl)s1.Cl. The Bertz CT molecular complexity index is 469. The number of hydrogen-bond acceptors (Lipinski definition) is 4. The Kier molecular flexibility index (Phi) is 8.51. The average molecular weight is 347 g/mol. The summed E-state index contributed by atoms with van der Waals surface area (Å²) in [7, 11) is -3.50. The number of nitrogens with two attached hydrogens (primary N) is 1. The van der Waals surface area contributed by atoms with Crippen molar-refractivity contribution in [3.8, 4) is 0 Å². The molecule has 0 spiro atoms. The zero-order valence-electron chi connectivity index (χ0n) is 11.0. The maximum Gasteiger partial charge on any atom is 0.250 e. The van der Waals surface area contributed by atoms with Crippen molar-refractivity contribution in [2.45, 2.75) is 43.4 Å². The zero-order chi connectivity index (χ0) is 13.8. The Labute approximate surface area is 130 Å². The summed E-state index contributed by atoms with van der Waals surface area (Å²) < 4.78 is 27.6. The second-order valence-corrected chi connectivity index (χ2v) is 7.81. The van der Waals surface area contributed by atoms with Gasteiger partial charge in [0.25, 0.3) is 0 Å². The zero-order valence-corrected chi connectivity index (χ0v) is 14.2. The third kappa shape index (κ3) is 5.57. The Morgan fingerprint density at radius 1 is 1.53 bits per heavy atom. The van der Waals surface area contributed by atoms with Crippen LogP contribution in [0.2, 0.25) is 4.34 Å². The summed E-state index contributed by atoms with van der Waals surface area (Å²) in [6.45, 7) is 4.15. The van der Waals surface area contributed by atoms with Gasteiger partial charge in [-0.1, -0.05) is 31.4 Å². The normalized spacial score (nSPS) is 13.1. The van der Waals surface area contributed by atoms with E-state index in [9.17, 15) is 8.42 Å². The number of sulfonamides is 1. The highest BCUT2D eigenvalue weighted by molar-refractivity contribution is 7.91. The van der Waals surface area contributed by atoms with Crippen LogP contribution in [0.1, 0.15) is 31.7 Å². The molecule has 0 bridgehead atoms. The van der Waals surface area contributed by atoms with Gasteiger partial charge >= 0.3 is 0 Å². The highest BCUT2D eigenvalue weighted by Crippen LogP contribution is 2.30. The van der Waals surface area contributed by atoms with Crippen molar-refractivity contribution in [2.75, 3.05) is 6.54 Å². The van der Waals surface area contributed by atoms with Gasteiger partial charge in [0.05, 0.1) is 4.34 Å². The molecule has 1 heterocycles. The van der Waals surface area contributed by atoms with Crippen molar-refractivity contribution in [2.24, 2.45) is 5.73 Å². The molecule has 0 radical (unpaired) electrons. The maximum atomic E-state index is 12.1. The molecule has 19 heavy (non-hydrogen) atoms. The molecule has 0 saturated heterocycles. The molecule has 1 atom stereocenters. The number of aryl methyl sites for hydroxylation is 1. The third-order valence-corrected chi connectivity index (χ3v) is 6.16. The Morgan fingerprint density at radius 2 is 2.16 bits per heavy atom. The molecular weight excluding hydrogens is 327 g/mol. The van der Waals surface area contributed by atoms with E-state index in [2.05, 4.69) is 11.6 Å². The first-order valence-corrected chi connectivity index (χ1v) is 8.56. The van der Waals surface area contributed by atoms with Gasteiger partial charge in [-0.05, 0) is 25.0 Å². The van der Waals surface area contributed by atoms with Crippen molar-refractivity contribution < 1.29 is 8.42 Å². The molecule has 1 aromatic rings. The summed E-state index contributed by atoms with van der Waals surface area (Å²) in [6, 6.07) is 1.37. The number of unbranched alkanes of at least 4 members (excludes halogenated alkanes) is 1. The average Bonchev–Trinajstić information content (AvgIpc) is 2.66. The van der Waals surface area contributed by atoms with Gasteiger partial charge in [-0.2, -0.15) is 0 Å². The van der Waals surface area contributed by atoms with Crippen molar-refractivity contribution in [3.63, 3.8) is 0 Å².